The Balaban J connectivity index is 3.79. The van der Waals surface area contributed by atoms with E-state index in [-0.39, 0.29) is 31.0 Å². The number of Topliss-reactive ketones (excluding diaryl/α,β-unsaturated/α-hetero) is 3. The van der Waals surface area contributed by atoms with Gasteiger partial charge in [0.25, 0.3) is 0 Å². The summed E-state index contributed by atoms with van der Waals surface area (Å²) in [5, 5.41) is 17.9. The van der Waals surface area contributed by atoms with Gasteiger partial charge in [0.05, 0.1) is 19.6 Å². The summed E-state index contributed by atoms with van der Waals surface area (Å²) in [5.74, 6) is -0.333. The van der Waals surface area contributed by atoms with E-state index in [1.807, 2.05) is 0 Å². The van der Waals surface area contributed by atoms with Gasteiger partial charge < -0.3 is 20.8 Å². The van der Waals surface area contributed by atoms with Crippen LogP contribution in [-0.2, 0) is 28.0 Å². The number of aliphatic hydroxyl groups is 2. The molecule has 0 aliphatic heterocycles. The molecule has 0 radical (unpaired) electrons. The molecule has 0 spiro atoms. The molecule has 0 aliphatic rings. The topological polar surface area (TPSA) is 173 Å². The van der Waals surface area contributed by atoms with Crippen molar-refractivity contribution in [2.45, 2.75) is 141 Å². The van der Waals surface area contributed by atoms with Crippen LogP contribution in [0.15, 0.2) is 0 Å². The average molecular weight is 580 g/mol. The number of hydrogen-bond acceptors (Lipinski definition) is 9. The molecule has 230 valence electrons. The van der Waals surface area contributed by atoms with E-state index >= 15 is 0 Å². The third kappa shape index (κ3) is 23.4. The molecule has 0 saturated carbocycles. The van der Waals surface area contributed by atoms with Crippen molar-refractivity contribution in [2.24, 2.45) is 5.73 Å². The summed E-state index contributed by atoms with van der Waals surface area (Å²) in [6, 6.07) is 0. The van der Waals surface area contributed by atoms with Crippen LogP contribution in [0.3, 0.4) is 0 Å². The summed E-state index contributed by atoms with van der Waals surface area (Å²) in [7, 11) is -4.60. The molecule has 11 heteroatoms. The maximum Gasteiger partial charge on any atom is 0.473 e. The van der Waals surface area contributed by atoms with Crippen molar-refractivity contribution in [1.82, 2.24) is 0 Å². The minimum absolute atomic E-state index is 0.0189. The Morgan fingerprint density at radius 1 is 0.769 bits per heavy atom. The predicted octanol–water partition coefficient (Wildman–Crippen LogP) is 4.94. The molecular formula is C28H54NO9P. The van der Waals surface area contributed by atoms with Crippen molar-refractivity contribution in [2.75, 3.05) is 19.8 Å². The van der Waals surface area contributed by atoms with Gasteiger partial charge in [0.2, 0.25) is 0 Å². The SMILES string of the molecule is CCCCCCCCCCCC(=O)CC(=O)CCCCCCCCC(=O)C(CN)OP(=O)(O)OCC(O)CO. The fourth-order valence-corrected chi connectivity index (χ4v) is 5.12. The largest absolute Gasteiger partial charge is 0.473 e. The Labute approximate surface area is 235 Å². The number of nitrogens with two attached hydrogens (primary N) is 1. The maximum absolute atomic E-state index is 12.3. The van der Waals surface area contributed by atoms with Crippen LogP contribution in [-0.4, -0.2) is 64.4 Å². The van der Waals surface area contributed by atoms with Crippen LogP contribution in [0.1, 0.15) is 129 Å². The molecule has 0 aliphatic carbocycles. The van der Waals surface area contributed by atoms with Crippen molar-refractivity contribution < 1.29 is 43.1 Å². The Morgan fingerprint density at radius 2 is 1.21 bits per heavy atom. The average Bonchev–Trinajstić information content (AvgIpc) is 2.90. The van der Waals surface area contributed by atoms with Crippen molar-refractivity contribution in [1.29, 1.82) is 0 Å². The first-order chi connectivity index (χ1) is 18.6. The van der Waals surface area contributed by atoms with Crippen molar-refractivity contribution >= 4 is 25.2 Å². The summed E-state index contributed by atoms with van der Waals surface area (Å²) in [4.78, 5) is 46.0. The first-order valence-electron chi connectivity index (χ1n) is 14.9. The van der Waals surface area contributed by atoms with Gasteiger partial charge >= 0.3 is 7.82 Å². The highest BCUT2D eigenvalue weighted by Gasteiger charge is 2.30. The van der Waals surface area contributed by atoms with E-state index in [1.165, 1.54) is 44.9 Å². The third-order valence-corrected chi connectivity index (χ3v) is 7.55. The normalized spacial score (nSPS) is 14.6. The minimum Gasteiger partial charge on any atom is -0.394 e. The number of aliphatic hydroxyl groups excluding tert-OH is 2. The lowest BCUT2D eigenvalue weighted by molar-refractivity contribution is -0.127. The van der Waals surface area contributed by atoms with E-state index in [1.54, 1.807) is 0 Å². The molecule has 0 rings (SSSR count). The fraction of sp³-hybridized carbons (Fsp3) is 0.893. The molecule has 0 aromatic carbocycles. The molecule has 0 amide bonds. The summed E-state index contributed by atoms with van der Waals surface area (Å²) in [6.45, 7) is 0.671. The van der Waals surface area contributed by atoms with Crippen LogP contribution < -0.4 is 5.73 Å². The maximum atomic E-state index is 12.3. The fourth-order valence-electron chi connectivity index (χ4n) is 4.18. The molecule has 0 bridgehead atoms. The summed E-state index contributed by atoms with van der Waals surface area (Å²) in [5.41, 5.74) is 5.49. The van der Waals surface area contributed by atoms with Gasteiger partial charge in [-0.2, -0.15) is 0 Å². The van der Waals surface area contributed by atoms with E-state index in [0.717, 1.165) is 44.9 Å². The molecule has 0 aromatic rings. The van der Waals surface area contributed by atoms with Crippen LogP contribution in [0, 0.1) is 0 Å². The Morgan fingerprint density at radius 3 is 1.64 bits per heavy atom. The lowest BCUT2D eigenvalue weighted by Crippen LogP contribution is -2.32. The zero-order chi connectivity index (χ0) is 29.4. The molecule has 10 nitrogen and oxygen atoms in total. The van der Waals surface area contributed by atoms with E-state index in [0.29, 0.717) is 19.3 Å². The number of carbonyl (C=O) groups is 3. The first-order valence-corrected chi connectivity index (χ1v) is 16.4. The van der Waals surface area contributed by atoms with Gasteiger partial charge in [-0.15, -0.1) is 0 Å². The molecule has 0 aromatic heterocycles. The summed E-state index contributed by atoms with van der Waals surface area (Å²) in [6.07, 6.45) is 14.1. The monoisotopic (exact) mass is 579 g/mol. The number of carbonyl (C=O) groups excluding carboxylic acids is 3. The van der Waals surface area contributed by atoms with Gasteiger partial charge in [0, 0.05) is 25.8 Å². The lowest BCUT2D eigenvalue weighted by Gasteiger charge is -2.19. The summed E-state index contributed by atoms with van der Waals surface area (Å²) < 4.78 is 21.3. The number of hydrogen-bond donors (Lipinski definition) is 4. The van der Waals surface area contributed by atoms with Gasteiger partial charge in [0.1, 0.15) is 23.8 Å². The molecule has 5 N–H and O–H groups in total. The number of ketones is 3. The smallest absolute Gasteiger partial charge is 0.394 e. The first kappa shape index (κ1) is 38.0. The Hall–Kier alpha value is -1.00. The van der Waals surface area contributed by atoms with Crippen LogP contribution in [0.25, 0.3) is 0 Å². The second-order valence-corrected chi connectivity index (χ2v) is 11.8. The van der Waals surface area contributed by atoms with Gasteiger partial charge in [-0.1, -0.05) is 84.0 Å². The highest BCUT2D eigenvalue weighted by atomic mass is 31.2. The van der Waals surface area contributed by atoms with Crippen LogP contribution in [0.5, 0.6) is 0 Å². The van der Waals surface area contributed by atoms with Crippen LogP contribution in [0.4, 0.5) is 0 Å². The van der Waals surface area contributed by atoms with Gasteiger partial charge in [0.15, 0.2) is 5.78 Å². The highest BCUT2D eigenvalue weighted by molar-refractivity contribution is 7.47. The van der Waals surface area contributed by atoms with E-state index in [9.17, 15) is 28.9 Å². The van der Waals surface area contributed by atoms with Crippen molar-refractivity contribution in [3.8, 4) is 0 Å². The van der Waals surface area contributed by atoms with E-state index < -0.39 is 39.0 Å². The van der Waals surface area contributed by atoms with E-state index in [4.69, 9.17) is 15.4 Å². The van der Waals surface area contributed by atoms with Crippen molar-refractivity contribution in [3.05, 3.63) is 0 Å². The second-order valence-electron chi connectivity index (χ2n) is 10.4. The molecule has 0 fully saturated rings. The lowest BCUT2D eigenvalue weighted by atomic mass is 10.0. The minimum atomic E-state index is -4.60. The number of phosphoric ester groups is 1. The number of phosphoric acid groups is 1. The van der Waals surface area contributed by atoms with Crippen molar-refractivity contribution in [3.63, 3.8) is 0 Å². The Bertz CT molecular complexity index is 705. The molecule has 39 heavy (non-hydrogen) atoms. The molecule has 3 atom stereocenters. The molecule has 3 unspecified atom stereocenters. The Kier molecular flexibility index (Phi) is 24.1. The third-order valence-electron chi connectivity index (χ3n) is 6.56. The predicted molar refractivity (Wildman–Crippen MR) is 151 cm³/mol. The van der Waals surface area contributed by atoms with Crippen LogP contribution >= 0.6 is 7.82 Å². The quantitative estimate of drug-likeness (QED) is 0.0540. The van der Waals surface area contributed by atoms with Gasteiger partial charge in [-0.25, -0.2) is 4.57 Å². The second kappa shape index (κ2) is 24.8. The van der Waals surface area contributed by atoms with Gasteiger partial charge in [-0.3, -0.25) is 23.4 Å². The molecule has 0 heterocycles. The van der Waals surface area contributed by atoms with Gasteiger partial charge in [-0.05, 0) is 19.3 Å². The van der Waals surface area contributed by atoms with Crippen LogP contribution in [0.2, 0.25) is 0 Å². The summed E-state index contributed by atoms with van der Waals surface area (Å²) >= 11 is 0. The number of rotatable bonds is 29. The molecule has 0 saturated heterocycles. The van der Waals surface area contributed by atoms with E-state index in [2.05, 4.69) is 11.4 Å². The standard InChI is InChI=1S/C28H54NO9P/c1-2-3-4-5-6-7-8-11-14-17-24(31)20-25(32)18-15-12-9-10-13-16-19-27(34)28(21-29)38-39(35,36)37-23-26(33)22-30/h26,28,30,33H,2-23,29H2,1H3,(H,35,36). The molecular weight excluding hydrogens is 525 g/mol. The zero-order valence-electron chi connectivity index (χ0n) is 24.0. The number of unbranched alkanes of at least 4 members (excludes halogenated alkanes) is 13. The highest BCUT2D eigenvalue weighted by Crippen LogP contribution is 2.44. The zero-order valence-corrected chi connectivity index (χ0v) is 24.9.